The zero-order valence-corrected chi connectivity index (χ0v) is 14.4. The van der Waals surface area contributed by atoms with Gasteiger partial charge in [0.15, 0.2) is 0 Å². The van der Waals surface area contributed by atoms with Crippen molar-refractivity contribution in [3.63, 3.8) is 0 Å². The molecule has 3 rings (SSSR count). The minimum Gasteiger partial charge on any atom is -0.491 e. The van der Waals surface area contributed by atoms with Crippen LogP contribution in [0.15, 0.2) is 30.5 Å². The van der Waals surface area contributed by atoms with Gasteiger partial charge in [0.1, 0.15) is 18.5 Å². The number of aryl methyl sites for hydroxylation is 1. The number of hydrogen-bond acceptors (Lipinski definition) is 4. The molecule has 0 saturated carbocycles. The number of rotatable bonds is 5. The summed E-state index contributed by atoms with van der Waals surface area (Å²) in [7, 11) is 1.87. The molecule has 2 aromatic rings. The van der Waals surface area contributed by atoms with Gasteiger partial charge in [0.2, 0.25) is 0 Å². The molecule has 1 saturated heterocycles. The molecule has 1 aliphatic heterocycles. The fraction of sp³-hybridized carbons (Fsp3) is 0.389. The minimum absolute atomic E-state index is 0.00993. The maximum atomic E-state index is 6.19. The number of benzene rings is 1. The summed E-state index contributed by atoms with van der Waals surface area (Å²) < 4.78 is 13.3. The van der Waals surface area contributed by atoms with Crippen molar-refractivity contribution in [3.8, 4) is 18.1 Å². The van der Waals surface area contributed by atoms with E-state index in [4.69, 9.17) is 27.5 Å². The molecule has 1 aromatic heterocycles. The quantitative estimate of drug-likeness (QED) is 0.780. The van der Waals surface area contributed by atoms with Crippen molar-refractivity contribution >= 4 is 11.6 Å². The second-order valence-electron chi connectivity index (χ2n) is 5.81. The first-order valence-corrected chi connectivity index (χ1v) is 8.23. The fourth-order valence-corrected chi connectivity index (χ4v) is 2.95. The van der Waals surface area contributed by atoms with Crippen LogP contribution in [0.5, 0.6) is 5.75 Å². The lowest BCUT2D eigenvalue weighted by molar-refractivity contribution is -0.0507. The third-order valence-electron chi connectivity index (χ3n) is 3.89. The topological polar surface area (TPSA) is 39.5 Å². The molecule has 0 amide bonds. The summed E-state index contributed by atoms with van der Waals surface area (Å²) >= 11 is 6.19. The number of terminal acetylenes is 1. The second-order valence-corrected chi connectivity index (χ2v) is 6.22. The maximum absolute atomic E-state index is 6.19. The molecule has 0 spiro atoms. The van der Waals surface area contributed by atoms with Crippen molar-refractivity contribution < 1.29 is 9.47 Å². The average molecular weight is 346 g/mol. The largest absolute Gasteiger partial charge is 0.491 e. The molecule has 1 unspecified atom stereocenters. The summed E-state index contributed by atoms with van der Waals surface area (Å²) in [5.41, 5.74) is 1.70. The molecule has 0 N–H and O–H groups in total. The van der Waals surface area contributed by atoms with E-state index < -0.39 is 0 Å². The SMILES string of the molecule is C#Cc1cccc(OCC2CN(Cc3nn(C)cc3Cl)CCO2)c1. The van der Waals surface area contributed by atoms with Gasteiger partial charge in [-0.05, 0) is 18.2 Å². The first-order valence-electron chi connectivity index (χ1n) is 7.85. The standard InChI is InChI=1S/C18H20ClN3O2/c1-3-14-5-4-6-15(9-14)24-13-16-10-22(7-8-23-16)12-18-17(19)11-21(2)20-18/h1,4-6,9,11,16H,7-8,10,12-13H2,2H3. The number of morpholine rings is 1. The molecule has 1 fully saturated rings. The van der Waals surface area contributed by atoms with E-state index in [0.29, 0.717) is 24.8 Å². The third kappa shape index (κ3) is 4.30. The Morgan fingerprint density at radius 2 is 2.38 bits per heavy atom. The molecule has 5 nitrogen and oxygen atoms in total. The molecular weight excluding hydrogens is 326 g/mol. The van der Waals surface area contributed by atoms with Gasteiger partial charge in [-0.1, -0.05) is 23.6 Å². The van der Waals surface area contributed by atoms with E-state index in [1.54, 1.807) is 4.68 Å². The summed E-state index contributed by atoms with van der Waals surface area (Å²) in [5.74, 6) is 3.37. The van der Waals surface area contributed by atoms with Crippen LogP contribution in [0.2, 0.25) is 5.02 Å². The highest BCUT2D eigenvalue weighted by Crippen LogP contribution is 2.18. The molecule has 1 aromatic carbocycles. The van der Waals surface area contributed by atoms with E-state index in [1.165, 1.54) is 0 Å². The number of hydrogen-bond donors (Lipinski definition) is 0. The van der Waals surface area contributed by atoms with Crippen molar-refractivity contribution in [1.82, 2.24) is 14.7 Å². The molecule has 0 bridgehead atoms. The molecule has 1 aliphatic rings. The van der Waals surface area contributed by atoms with Gasteiger partial charge in [-0.25, -0.2) is 0 Å². The minimum atomic E-state index is 0.00993. The first-order chi connectivity index (χ1) is 11.6. The Morgan fingerprint density at radius 3 is 3.12 bits per heavy atom. The monoisotopic (exact) mass is 345 g/mol. The Kier molecular flexibility index (Phi) is 5.41. The zero-order valence-electron chi connectivity index (χ0n) is 13.6. The van der Waals surface area contributed by atoms with E-state index >= 15 is 0 Å². The van der Waals surface area contributed by atoms with Gasteiger partial charge in [0, 0.05) is 38.4 Å². The summed E-state index contributed by atoms with van der Waals surface area (Å²) in [4.78, 5) is 2.28. The summed E-state index contributed by atoms with van der Waals surface area (Å²) in [6.45, 7) is 3.51. The van der Waals surface area contributed by atoms with Crippen LogP contribution in [0.1, 0.15) is 11.3 Å². The molecule has 2 heterocycles. The molecule has 0 radical (unpaired) electrons. The zero-order chi connectivity index (χ0) is 16.9. The van der Waals surface area contributed by atoms with E-state index in [1.807, 2.05) is 37.5 Å². The fourth-order valence-electron chi connectivity index (χ4n) is 2.71. The molecule has 24 heavy (non-hydrogen) atoms. The lowest BCUT2D eigenvalue weighted by Crippen LogP contribution is -2.44. The molecule has 0 aliphatic carbocycles. The van der Waals surface area contributed by atoms with Crippen LogP contribution in [0, 0.1) is 12.3 Å². The van der Waals surface area contributed by atoms with Crippen LogP contribution < -0.4 is 4.74 Å². The highest BCUT2D eigenvalue weighted by molar-refractivity contribution is 6.31. The lowest BCUT2D eigenvalue weighted by Gasteiger charge is -2.32. The number of aromatic nitrogens is 2. The Bertz CT molecular complexity index is 738. The number of nitrogens with zero attached hydrogens (tertiary/aromatic N) is 3. The van der Waals surface area contributed by atoms with E-state index in [0.717, 1.165) is 30.1 Å². The number of halogens is 1. The molecule has 1 atom stereocenters. The van der Waals surface area contributed by atoms with Gasteiger partial charge in [-0.15, -0.1) is 6.42 Å². The smallest absolute Gasteiger partial charge is 0.120 e. The Hall–Kier alpha value is -2.00. The van der Waals surface area contributed by atoms with Crippen LogP contribution in [-0.4, -0.2) is 47.1 Å². The Labute approximate surface area is 147 Å². The van der Waals surface area contributed by atoms with Gasteiger partial charge >= 0.3 is 0 Å². The van der Waals surface area contributed by atoms with E-state index in [-0.39, 0.29) is 6.10 Å². The van der Waals surface area contributed by atoms with Gasteiger partial charge < -0.3 is 9.47 Å². The van der Waals surface area contributed by atoms with Crippen LogP contribution >= 0.6 is 11.6 Å². The summed E-state index contributed by atoms with van der Waals surface area (Å²) in [6, 6.07) is 7.52. The van der Waals surface area contributed by atoms with Gasteiger partial charge in [0.25, 0.3) is 0 Å². The molecule has 6 heteroatoms. The second kappa shape index (κ2) is 7.71. The van der Waals surface area contributed by atoms with Crippen LogP contribution in [0.25, 0.3) is 0 Å². The summed E-state index contributed by atoms with van der Waals surface area (Å²) in [5, 5.41) is 5.09. The highest BCUT2D eigenvalue weighted by atomic mass is 35.5. The van der Waals surface area contributed by atoms with Gasteiger partial charge in [-0.2, -0.15) is 5.10 Å². The number of ether oxygens (including phenoxy) is 2. The van der Waals surface area contributed by atoms with Crippen molar-refractivity contribution in [2.45, 2.75) is 12.6 Å². The van der Waals surface area contributed by atoms with Crippen LogP contribution in [0.3, 0.4) is 0 Å². The normalized spacial score (nSPS) is 18.3. The van der Waals surface area contributed by atoms with Gasteiger partial charge in [-0.3, -0.25) is 9.58 Å². The maximum Gasteiger partial charge on any atom is 0.120 e. The van der Waals surface area contributed by atoms with Crippen LogP contribution in [-0.2, 0) is 18.3 Å². The first kappa shape index (κ1) is 16.8. The highest BCUT2D eigenvalue weighted by Gasteiger charge is 2.22. The third-order valence-corrected chi connectivity index (χ3v) is 4.20. The van der Waals surface area contributed by atoms with E-state index in [9.17, 15) is 0 Å². The van der Waals surface area contributed by atoms with Gasteiger partial charge in [0.05, 0.1) is 17.3 Å². The van der Waals surface area contributed by atoms with Crippen molar-refractivity contribution in [1.29, 1.82) is 0 Å². The Morgan fingerprint density at radius 1 is 1.50 bits per heavy atom. The van der Waals surface area contributed by atoms with Crippen molar-refractivity contribution in [2.24, 2.45) is 7.05 Å². The Balaban J connectivity index is 1.53. The van der Waals surface area contributed by atoms with Crippen molar-refractivity contribution in [3.05, 3.63) is 46.7 Å². The molecular formula is C18H20ClN3O2. The lowest BCUT2D eigenvalue weighted by atomic mass is 10.2. The predicted molar refractivity (Wildman–Crippen MR) is 93.1 cm³/mol. The van der Waals surface area contributed by atoms with Crippen molar-refractivity contribution in [2.75, 3.05) is 26.3 Å². The predicted octanol–water partition coefficient (Wildman–Crippen LogP) is 2.33. The van der Waals surface area contributed by atoms with Crippen LogP contribution in [0.4, 0.5) is 0 Å². The summed E-state index contributed by atoms with van der Waals surface area (Å²) in [6.07, 6.45) is 7.23. The van der Waals surface area contributed by atoms with E-state index in [2.05, 4.69) is 15.9 Å². The average Bonchev–Trinajstić information content (AvgIpc) is 2.91. The molecule has 126 valence electrons.